The van der Waals surface area contributed by atoms with Crippen LogP contribution in [0.2, 0.25) is 0 Å². The van der Waals surface area contributed by atoms with E-state index in [2.05, 4.69) is 0 Å². The molecule has 0 bridgehead atoms. The molecular weight excluding hydrogens is 569 g/mol. The van der Waals surface area contributed by atoms with E-state index in [0.717, 1.165) is 36.4 Å². The maximum absolute atomic E-state index is 14.9. The number of fused-ring (bicyclic) bond motifs is 3. The SMILES string of the molecule is CC(F)(c1ccc2c(c1)CC[C@H]1[C@@H](C(=O)N3CCC(C(=O)O)CC3)CC[C@@]21S(=O)(=O)c1ccc(F)cc1)C(F)(F)F. The number of carbonyl (C=O) groups excluding carboxylic acids is 1. The third-order valence-electron chi connectivity index (χ3n) is 9.35. The number of hydrogen-bond acceptors (Lipinski definition) is 4. The lowest BCUT2D eigenvalue weighted by Gasteiger charge is -2.43. The molecule has 3 aliphatic rings. The van der Waals surface area contributed by atoms with Crippen LogP contribution in [0, 0.1) is 23.6 Å². The predicted molar refractivity (Wildman–Crippen MR) is 138 cm³/mol. The van der Waals surface area contributed by atoms with Gasteiger partial charge in [-0.15, -0.1) is 0 Å². The van der Waals surface area contributed by atoms with E-state index in [4.69, 9.17) is 0 Å². The molecule has 1 amide bonds. The van der Waals surface area contributed by atoms with Gasteiger partial charge in [0.25, 0.3) is 0 Å². The number of piperidine rings is 1. The number of aliphatic carboxylic acids is 1. The summed E-state index contributed by atoms with van der Waals surface area (Å²) in [6, 6.07) is 7.56. The van der Waals surface area contributed by atoms with E-state index in [9.17, 15) is 45.1 Å². The van der Waals surface area contributed by atoms with E-state index in [-0.39, 0.29) is 73.5 Å². The summed E-state index contributed by atoms with van der Waals surface area (Å²) < 4.78 is 96.2. The van der Waals surface area contributed by atoms with Gasteiger partial charge in [0.05, 0.1) is 10.8 Å². The first-order valence-corrected chi connectivity index (χ1v) is 15.0. The number of aryl methyl sites for hydroxylation is 1. The Hall–Kier alpha value is -3.02. The van der Waals surface area contributed by atoms with E-state index in [1.807, 2.05) is 0 Å². The zero-order chi connectivity index (χ0) is 30.0. The zero-order valence-electron chi connectivity index (χ0n) is 22.3. The summed E-state index contributed by atoms with van der Waals surface area (Å²) in [6.45, 7) is 0.871. The van der Waals surface area contributed by atoms with Crippen molar-refractivity contribution in [1.29, 1.82) is 0 Å². The van der Waals surface area contributed by atoms with Crippen LogP contribution in [-0.2, 0) is 36.3 Å². The number of nitrogens with zero attached hydrogens (tertiary/aromatic N) is 1. The molecule has 0 aromatic heterocycles. The summed E-state index contributed by atoms with van der Waals surface area (Å²) in [5.41, 5.74) is -3.78. The number of sulfone groups is 1. The van der Waals surface area contributed by atoms with Gasteiger partial charge in [-0.2, -0.15) is 13.2 Å². The number of halogens is 5. The molecule has 1 heterocycles. The number of carboxylic acid groups (broad SMARTS) is 1. The van der Waals surface area contributed by atoms with Crippen LogP contribution in [0.25, 0.3) is 0 Å². The highest BCUT2D eigenvalue weighted by Gasteiger charge is 2.62. The normalized spacial score (nSPS) is 26.6. The van der Waals surface area contributed by atoms with E-state index < -0.39 is 61.5 Å². The molecule has 41 heavy (non-hydrogen) atoms. The molecule has 1 saturated heterocycles. The summed E-state index contributed by atoms with van der Waals surface area (Å²) in [4.78, 5) is 26.5. The number of alkyl halides is 4. The van der Waals surface area contributed by atoms with Crippen molar-refractivity contribution in [2.75, 3.05) is 13.1 Å². The standard InChI is InChI=1S/C29H30F5NO5S/c1-27(31,29(32,33)34)19-3-9-23-18(16-19)2-8-24-22(25(36)35-14-11-17(12-15-35)26(37)38)10-13-28(23,24)41(39,40)21-6-4-20(30)5-7-21/h3-7,9,16-17,22,24H,2,8,10-15H2,1H3,(H,37,38)/t22-,24-,27?,28+/m0/s1. The van der Waals surface area contributed by atoms with Crippen molar-refractivity contribution in [3.05, 3.63) is 65.0 Å². The molecule has 6 nitrogen and oxygen atoms in total. The molecule has 2 aromatic rings. The van der Waals surface area contributed by atoms with Crippen LogP contribution in [0.4, 0.5) is 22.0 Å². The third-order valence-corrected chi connectivity index (χ3v) is 11.9. The molecule has 2 aliphatic carbocycles. The van der Waals surface area contributed by atoms with Crippen LogP contribution in [0.3, 0.4) is 0 Å². The second-order valence-corrected chi connectivity index (χ2v) is 13.7. The molecule has 5 rings (SSSR count). The molecule has 0 radical (unpaired) electrons. The Kier molecular flexibility index (Phi) is 7.23. The summed E-state index contributed by atoms with van der Waals surface area (Å²) in [5.74, 6) is -3.87. The number of rotatable bonds is 5. The van der Waals surface area contributed by atoms with Gasteiger partial charge in [-0.05, 0) is 92.3 Å². The minimum atomic E-state index is -5.19. The summed E-state index contributed by atoms with van der Waals surface area (Å²) in [7, 11) is -4.32. The number of amides is 1. The largest absolute Gasteiger partial charge is 0.481 e. The van der Waals surface area contributed by atoms with Crippen molar-refractivity contribution in [3.63, 3.8) is 0 Å². The Morgan fingerprint density at radius 2 is 1.61 bits per heavy atom. The highest BCUT2D eigenvalue weighted by atomic mass is 32.2. The molecule has 4 atom stereocenters. The van der Waals surface area contributed by atoms with Crippen molar-refractivity contribution in [3.8, 4) is 0 Å². The minimum Gasteiger partial charge on any atom is -0.481 e. The van der Waals surface area contributed by atoms with Gasteiger partial charge < -0.3 is 10.0 Å². The minimum absolute atomic E-state index is 0.00210. The van der Waals surface area contributed by atoms with Gasteiger partial charge in [-0.1, -0.05) is 18.2 Å². The highest BCUT2D eigenvalue weighted by molar-refractivity contribution is 7.92. The number of likely N-dealkylation sites (tertiary alicyclic amines) is 1. The Morgan fingerprint density at radius 3 is 2.20 bits per heavy atom. The Balaban J connectivity index is 1.59. The highest BCUT2D eigenvalue weighted by Crippen LogP contribution is 2.60. The van der Waals surface area contributed by atoms with Gasteiger partial charge in [0.2, 0.25) is 11.6 Å². The fourth-order valence-corrected chi connectivity index (χ4v) is 9.48. The van der Waals surface area contributed by atoms with Gasteiger partial charge >= 0.3 is 12.1 Å². The summed E-state index contributed by atoms with van der Waals surface area (Å²) in [5, 5.41) is 9.31. The van der Waals surface area contributed by atoms with Gasteiger partial charge in [0.15, 0.2) is 9.84 Å². The van der Waals surface area contributed by atoms with Crippen LogP contribution >= 0.6 is 0 Å². The third kappa shape index (κ3) is 4.62. The fourth-order valence-electron chi connectivity index (χ4n) is 7.01. The molecule has 1 saturated carbocycles. The molecule has 2 aromatic carbocycles. The summed E-state index contributed by atoms with van der Waals surface area (Å²) in [6.07, 6.45) is -4.13. The van der Waals surface area contributed by atoms with Crippen molar-refractivity contribution in [2.45, 2.75) is 66.9 Å². The van der Waals surface area contributed by atoms with E-state index in [1.54, 1.807) is 4.90 Å². The lowest BCUT2D eigenvalue weighted by atomic mass is 9.72. The van der Waals surface area contributed by atoms with E-state index in [0.29, 0.717) is 6.92 Å². The lowest BCUT2D eigenvalue weighted by Crippen LogP contribution is -2.49. The monoisotopic (exact) mass is 599 g/mol. The molecule has 1 unspecified atom stereocenters. The fraction of sp³-hybridized carbons (Fsp3) is 0.517. The first kappa shape index (κ1) is 29.5. The first-order chi connectivity index (χ1) is 19.1. The number of carboxylic acids is 1. The number of benzene rings is 2. The molecule has 1 N–H and O–H groups in total. The smallest absolute Gasteiger partial charge is 0.426 e. The molecule has 222 valence electrons. The second-order valence-electron chi connectivity index (χ2n) is 11.4. The Bertz CT molecular complexity index is 1470. The van der Waals surface area contributed by atoms with Crippen molar-refractivity contribution >= 4 is 21.7 Å². The molecule has 0 spiro atoms. The topological polar surface area (TPSA) is 91.8 Å². The first-order valence-electron chi connectivity index (χ1n) is 13.5. The molecule has 12 heteroatoms. The van der Waals surface area contributed by atoms with Gasteiger partial charge in [0, 0.05) is 19.0 Å². The van der Waals surface area contributed by atoms with Crippen molar-refractivity contribution in [1.82, 2.24) is 4.90 Å². The molecule has 1 aliphatic heterocycles. The van der Waals surface area contributed by atoms with Gasteiger partial charge in [-0.25, -0.2) is 17.2 Å². The van der Waals surface area contributed by atoms with Crippen LogP contribution < -0.4 is 0 Å². The Morgan fingerprint density at radius 1 is 0.976 bits per heavy atom. The quantitative estimate of drug-likeness (QED) is 0.360. The van der Waals surface area contributed by atoms with Crippen LogP contribution in [0.15, 0.2) is 47.4 Å². The lowest BCUT2D eigenvalue weighted by molar-refractivity contribution is -0.228. The maximum atomic E-state index is 14.9. The number of carbonyl (C=O) groups is 2. The van der Waals surface area contributed by atoms with Gasteiger partial charge in [0.1, 0.15) is 10.6 Å². The summed E-state index contributed by atoms with van der Waals surface area (Å²) >= 11 is 0. The predicted octanol–water partition coefficient (Wildman–Crippen LogP) is 5.54. The number of hydrogen-bond donors (Lipinski definition) is 1. The van der Waals surface area contributed by atoms with E-state index in [1.165, 1.54) is 6.07 Å². The average molecular weight is 600 g/mol. The van der Waals surface area contributed by atoms with Crippen molar-refractivity contribution < 1.29 is 45.1 Å². The maximum Gasteiger partial charge on any atom is 0.426 e. The van der Waals surface area contributed by atoms with Crippen LogP contribution in [0.5, 0.6) is 0 Å². The second kappa shape index (κ2) is 10.1. The molecule has 2 fully saturated rings. The zero-order valence-corrected chi connectivity index (χ0v) is 23.1. The molecular formula is C29H30F5NO5S. The average Bonchev–Trinajstić information content (AvgIpc) is 3.34. The Labute approximate surface area is 234 Å². The van der Waals surface area contributed by atoms with E-state index >= 15 is 0 Å². The van der Waals surface area contributed by atoms with Gasteiger partial charge in [-0.3, -0.25) is 9.59 Å². The van der Waals surface area contributed by atoms with Crippen LogP contribution in [-0.4, -0.2) is 49.6 Å². The van der Waals surface area contributed by atoms with Crippen molar-refractivity contribution in [2.24, 2.45) is 17.8 Å². The van der Waals surface area contributed by atoms with Crippen LogP contribution in [0.1, 0.15) is 55.7 Å².